The van der Waals surface area contributed by atoms with Crippen molar-refractivity contribution in [3.63, 3.8) is 0 Å². The third-order valence-electron chi connectivity index (χ3n) is 3.91. The number of aromatic amines is 1. The molecule has 4 nitrogen and oxygen atoms in total. The summed E-state index contributed by atoms with van der Waals surface area (Å²) in [5.41, 5.74) is -2.72. The van der Waals surface area contributed by atoms with Gasteiger partial charge in [-0.2, -0.15) is 18.4 Å². The highest BCUT2D eigenvalue weighted by Crippen LogP contribution is 2.34. The molecule has 1 aromatic heterocycles. The number of rotatable bonds is 2. The SMILES string of the molecule is N#Cc1cc(Cc2c(O)ccc3ccccc23)c(C(F)(F)F)[nH]c1=O. The molecule has 0 bridgehead atoms. The van der Waals surface area contributed by atoms with Gasteiger partial charge in [0.25, 0.3) is 5.56 Å². The Bertz CT molecular complexity index is 1060. The molecule has 0 amide bonds. The number of nitrogens with zero attached hydrogens (tertiary/aromatic N) is 1. The molecular formula is C18H11F3N2O2. The first-order valence-electron chi connectivity index (χ1n) is 7.24. The van der Waals surface area contributed by atoms with E-state index in [1.165, 1.54) is 6.07 Å². The maximum Gasteiger partial charge on any atom is 0.431 e. The van der Waals surface area contributed by atoms with E-state index in [1.54, 1.807) is 41.4 Å². The second kappa shape index (κ2) is 5.98. The summed E-state index contributed by atoms with van der Waals surface area (Å²) in [7, 11) is 0. The largest absolute Gasteiger partial charge is 0.508 e. The number of fused-ring (bicyclic) bond motifs is 1. The van der Waals surface area contributed by atoms with Crippen LogP contribution in [-0.4, -0.2) is 10.1 Å². The quantitative estimate of drug-likeness (QED) is 0.744. The maximum absolute atomic E-state index is 13.3. The molecule has 7 heteroatoms. The van der Waals surface area contributed by atoms with Gasteiger partial charge in [-0.05, 0) is 28.5 Å². The lowest BCUT2D eigenvalue weighted by molar-refractivity contribution is -0.141. The molecule has 0 aliphatic rings. The molecule has 25 heavy (non-hydrogen) atoms. The number of halogens is 3. The zero-order valence-corrected chi connectivity index (χ0v) is 12.7. The van der Waals surface area contributed by atoms with Gasteiger partial charge in [-0.25, -0.2) is 0 Å². The third kappa shape index (κ3) is 3.06. The maximum atomic E-state index is 13.3. The van der Waals surface area contributed by atoms with Crippen molar-refractivity contribution in [2.75, 3.05) is 0 Å². The van der Waals surface area contributed by atoms with E-state index in [0.29, 0.717) is 10.9 Å². The summed E-state index contributed by atoms with van der Waals surface area (Å²) >= 11 is 0. The Morgan fingerprint density at radius 3 is 2.56 bits per heavy atom. The fraction of sp³-hybridized carbons (Fsp3) is 0.111. The van der Waals surface area contributed by atoms with E-state index in [-0.39, 0.29) is 17.7 Å². The zero-order chi connectivity index (χ0) is 18.2. The molecular weight excluding hydrogens is 333 g/mol. The summed E-state index contributed by atoms with van der Waals surface area (Å²) in [6.07, 6.45) is -5.07. The van der Waals surface area contributed by atoms with Gasteiger partial charge in [0.1, 0.15) is 23.1 Å². The minimum absolute atomic E-state index is 0.156. The second-order valence-corrected chi connectivity index (χ2v) is 5.48. The number of aromatic nitrogens is 1. The number of hydrogen-bond donors (Lipinski definition) is 2. The van der Waals surface area contributed by atoms with E-state index in [4.69, 9.17) is 5.26 Å². The van der Waals surface area contributed by atoms with Crippen LogP contribution in [0.1, 0.15) is 22.4 Å². The second-order valence-electron chi connectivity index (χ2n) is 5.48. The Morgan fingerprint density at radius 2 is 1.88 bits per heavy atom. The summed E-state index contributed by atoms with van der Waals surface area (Å²) in [5.74, 6) is -0.156. The summed E-state index contributed by atoms with van der Waals surface area (Å²) < 4.78 is 39.8. The molecule has 2 aromatic carbocycles. The van der Waals surface area contributed by atoms with Crippen LogP contribution in [0.5, 0.6) is 5.75 Å². The van der Waals surface area contributed by atoms with Crippen LogP contribution >= 0.6 is 0 Å². The van der Waals surface area contributed by atoms with E-state index < -0.39 is 23.0 Å². The van der Waals surface area contributed by atoms with Crippen molar-refractivity contribution >= 4 is 10.8 Å². The van der Waals surface area contributed by atoms with Crippen LogP contribution in [0.4, 0.5) is 13.2 Å². The number of phenols is 1. The van der Waals surface area contributed by atoms with Crippen molar-refractivity contribution in [1.82, 2.24) is 4.98 Å². The first-order valence-corrected chi connectivity index (χ1v) is 7.24. The van der Waals surface area contributed by atoms with Gasteiger partial charge in [0, 0.05) is 12.0 Å². The highest BCUT2D eigenvalue weighted by molar-refractivity contribution is 5.88. The van der Waals surface area contributed by atoms with Crippen molar-refractivity contribution in [2.24, 2.45) is 0 Å². The van der Waals surface area contributed by atoms with Crippen molar-refractivity contribution in [2.45, 2.75) is 12.6 Å². The van der Waals surface area contributed by atoms with E-state index in [0.717, 1.165) is 11.5 Å². The number of nitrogens with one attached hydrogen (secondary N) is 1. The van der Waals surface area contributed by atoms with Crippen LogP contribution < -0.4 is 5.56 Å². The smallest absolute Gasteiger partial charge is 0.431 e. The van der Waals surface area contributed by atoms with E-state index in [9.17, 15) is 23.1 Å². The van der Waals surface area contributed by atoms with Crippen LogP contribution in [0.25, 0.3) is 10.8 Å². The topological polar surface area (TPSA) is 76.9 Å². The van der Waals surface area contributed by atoms with E-state index in [1.807, 2.05) is 0 Å². The molecule has 0 saturated carbocycles. The third-order valence-corrected chi connectivity index (χ3v) is 3.91. The molecule has 3 rings (SSSR count). The molecule has 0 fully saturated rings. The van der Waals surface area contributed by atoms with Gasteiger partial charge in [0.05, 0.1) is 0 Å². The lowest BCUT2D eigenvalue weighted by Crippen LogP contribution is -2.21. The van der Waals surface area contributed by atoms with Crippen molar-refractivity contribution in [3.05, 3.63) is 75.2 Å². The number of alkyl halides is 3. The van der Waals surface area contributed by atoms with Gasteiger partial charge < -0.3 is 10.1 Å². The Hall–Kier alpha value is -3.27. The van der Waals surface area contributed by atoms with Crippen molar-refractivity contribution in [1.29, 1.82) is 5.26 Å². The zero-order valence-electron chi connectivity index (χ0n) is 12.7. The number of nitriles is 1. The summed E-state index contributed by atoms with van der Waals surface area (Å²) in [6.45, 7) is 0. The van der Waals surface area contributed by atoms with Gasteiger partial charge in [0.15, 0.2) is 0 Å². The average molecular weight is 344 g/mol. The Kier molecular flexibility index (Phi) is 3.97. The van der Waals surface area contributed by atoms with Gasteiger partial charge >= 0.3 is 6.18 Å². The lowest BCUT2D eigenvalue weighted by Gasteiger charge is -2.15. The molecule has 0 aliphatic heterocycles. The minimum atomic E-state index is -4.79. The lowest BCUT2D eigenvalue weighted by atomic mass is 9.96. The molecule has 0 radical (unpaired) electrons. The minimum Gasteiger partial charge on any atom is -0.508 e. The summed E-state index contributed by atoms with van der Waals surface area (Å²) in [4.78, 5) is 13.3. The number of phenolic OH excluding ortho intramolecular Hbond substituents is 1. The van der Waals surface area contributed by atoms with Gasteiger partial charge in [-0.15, -0.1) is 0 Å². The number of H-pyrrole nitrogens is 1. The molecule has 0 aliphatic carbocycles. The van der Waals surface area contributed by atoms with Gasteiger partial charge in [0.2, 0.25) is 0 Å². The number of benzene rings is 2. The summed E-state index contributed by atoms with van der Waals surface area (Å²) in [5, 5.41) is 20.4. The predicted octanol–water partition coefficient (Wildman–Crippen LogP) is 3.71. The molecule has 1 heterocycles. The van der Waals surface area contributed by atoms with Crippen LogP contribution in [0.3, 0.4) is 0 Å². The first-order chi connectivity index (χ1) is 11.8. The molecule has 0 saturated heterocycles. The number of pyridine rings is 1. The van der Waals surface area contributed by atoms with Crippen LogP contribution in [-0.2, 0) is 12.6 Å². The highest BCUT2D eigenvalue weighted by atomic mass is 19.4. The van der Waals surface area contributed by atoms with E-state index in [2.05, 4.69) is 0 Å². The van der Waals surface area contributed by atoms with Crippen molar-refractivity contribution < 1.29 is 18.3 Å². The van der Waals surface area contributed by atoms with Crippen LogP contribution in [0, 0.1) is 11.3 Å². The Labute approximate surface area is 139 Å². The molecule has 3 aromatic rings. The number of aromatic hydroxyl groups is 1. The molecule has 0 spiro atoms. The van der Waals surface area contributed by atoms with Crippen molar-refractivity contribution in [3.8, 4) is 11.8 Å². The summed E-state index contributed by atoms with van der Waals surface area (Å²) in [6, 6.07) is 12.5. The Morgan fingerprint density at radius 1 is 1.16 bits per heavy atom. The highest BCUT2D eigenvalue weighted by Gasteiger charge is 2.35. The molecule has 0 unspecified atom stereocenters. The monoisotopic (exact) mass is 344 g/mol. The van der Waals surface area contributed by atoms with Gasteiger partial charge in [-0.3, -0.25) is 4.79 Å². The van der Waals surface area contributed by atoms with Crippen LogP contribution in [0.15, 0.2) is 47.3 Å². The predicted molar refractivity (Wildman–Crippen MR) is 85.2 cm³/mol. The van der Waals surface area contributed by atoms with E-state index >= 15 is 0 Å². The van der Waals surface area contributed by atoms with Crippen LogP contribution in [0.2, 0.25) is 0 Å². The number of hydrogen-bond acceptors (Lipinski definition) is 3. The molecule has 126 valence electrons. The fourth-order valence-corrected chi connectivity index (χ4v) is 2.75. The average Bonchev–Trinajstić information content (AvgIpc) is 2.57. The fourth-order valence-electron chi connectivity index (χ4n) is 2.75. The Balaban J connectivity index is 2.24. The molecule has 2 N–H and O–H groups in total. The van der Waals surface area contributed by atoms with Gasteiger partial charge in [-0.1, -0.05) is 30.3 Å². The standard InChI is InChI=1S/C18H11F3N2O2/c19-18(20,21)16-11(7-12(9-22)17(25)23-16)8-14-13-4-2-1-3-10(13)5-6-15(14)24/h1-7,24H,8H2,(H,23,25). The normalized spacial score (nSPS) is 11.4. The molecule has 0 atom stereocenters. The first kappa shape index (κ1) is 16.6.